The fourth-order valence-corrected chi connectivity index (χ4v) is 14.2. The van der Waals surface area contributed by atoms with Crippen molar-refractivity contribution in [2.24, 2.45) is 99.6 Å². The Morgan fingerprint density at radius 3 is 2.31 bits per heavy atom. The monoisotopic (exact) mass is 667 g/mol. The largest absolute Gasteiger partial charge is 0.469 e. The van der Waals surface area contributed by atoms with E-state index in [1.807, 2.05) is 6.92 Å². The van der Waals surface area contributed by atoms with Crippen molar-refractivity contribution >= 4 is 17.9 Å². The normalized spacial score (nSPS) is 48.3. The number of carbonyl (C=O) groups excluding carboxylic acids is 3. The number of cyclic esters (lactones) is 2. The molecule has 0 amide bonds. The molecule has 1 aliphatic heterocycles. The number of ether oxygens (including phenoxy) is 2. The van der Waals surface area contributed by atoms with E-state index in [9.17, 15) is 14.4 Å². The van der Waals surface area contributed by atoms with Gasteiger partial charge in [-0.05, 0) is 171 Å². The molecule has 0 spiro atoms. The molecule has 6 rings (SSSR count). The molecule has 0 N–H and O–H groups in total. The molecule has 1 saturated heterocycles. The maximum absolute atomic E-state index is 12.2. The molecular weight excluding hydrogens is 596 g/mol. The highest BCUT2D eigenvalue weighted by Gasteiger charge is 2.64. The topological polar surface area (TPSA) is 69.7 Å². The molecule has 0 radical (unpaired) electrons. The van der Waals surface area contributed by atoms with Crippen LogP contribution in [0.4, 0.5) is 0 Å². The Hall–Kier alpha value is -1.39. The van der Waals surface area contributed by atoms with E-state index in [0.717, 1.165) is 84.4 Å². The van der Waals surface area contributed by atoms with Crippen LogP contribution < -0.4 is 0 Å². The Morgan fingerprint density at radius 2 is 1.62 bits per heavy atom. The summed E-state index contributed by atoms with van der Waals surface area (Å²) >= 11 is 0. The van der Waals surface area contributed by atoms with Crippen molar-refractivity contribution in [3.8, 4) is 0 Å². The minimum Gasteiger partial charge on any atom is -0.469 e. The molecule has 17 unspecified atom stereocenters. The molecule has 6 aliphatic rings. The number of hydrogen-bond acceptors (Lipinski definition) is 5. The zero-order valence-corrected chi connectivity index (χ0v) is 32.1. The summed E-state index contributed by atoms with van der Waals surface area (Å²) in [5.74, 6) is 8.99. The van der Waals surface area contributed by atoms with Crippen LogP contribution in [0.1, 0.15) is 145 Å². The van der Waals surface area contributed by atoms with Crippen LogP contribution in [0.3, 0.4) is 0 Å². The second-order valence-electron chi connectivity index (χ2n) is 19.5. The summed E-state index contributed by atoms with van der Waals surface area (Å²) in [5, 5.41) is 0. The standard InChI is InChI=1S/C43H70O5/c1-24(10-12-34-29(6)40(45)48-41(34)46)31-18-26(3)32(23-31)21-30-16-17-42(7)33(22-30)19-27(4)39-36-14-13-35(25(2)11-15-38(44)47-9)43(36,8)28(5)20-37(39)42/h24-37,39H,10-23H2,1-9H3. The molecule has 0 aromatic heterocycles. The SMILES string of the molecule is COC(=O)CCC(C)C1CCC2C3C(C)CC4CC(CC5CC(C(C)CCC6C(=O)OC(=O)C6C)CC5C)CCC4(C)C3CC(C)C12C. The molecule has 5 heteroatoms. The van der Waals surface area contributed by atoms with Crippen molar-refractivity contribution in [2.75, 3.05) is 7.11 Å². The van der Waals surface area contributed by atoms with Gasteiger partial charge in [0.1, 0.15) is 0 Å². The number of methoxy groups -OCH3 is 1. The first-order chi connectivity index (χ1) is 22.7. The number of carbonyl (C=O) groups is 3. The van der Waals surface area contributed by atoms with Gasteiger partial charge in [0.2, 0.25) is 0 Å². The predicted molar refractivity (Wildman–Crippen MR) is 190 cm³/mol. The van der Waals surface area contributed by atoms with Gasteiger partial charge in [-0.25, -0.2) is 0 Å². The highest BCUT2D eigenvalue weighted by molar-refractivity contribution is 5.96. The second-order valence-corrected chi connectivity index (χ2v) is 19.5. The van der Waals surface area contributed by atoms with Crippen LogP contribution in [0.25, 0.3) is 0 Å². The van der Waals surface area contributed by atoms with E-state index in [1.165, 1.54) is 71.3 Å². The van der Waals surface area contributed by atoms with Gasteiger partial charge >= 0.3 is 17.9 Å². The molecule has 0 aromatic carbocycles. The fourth-order valence-electron chi connectivity index (χ4n) is 14.2. The first-order valence-electron chi connectivity index (χ1n) is 20.5. The molecule has 48 heavy (non-hydrogen) atoms. The van der Waals surface area contributed by atoms with Crippen molar-refractivity contribution in [1.29, 1.82) is 0 Å². The fraction of sp³-hybridized carbons (Fsp3) is 0.930. The molecular formula is C43H70O5. The van der Waals surface area contributed by atoms with E-state index < -0.39 is 0 Å². The van der Waals surface area contributed by atoms with Crippen molar-refractivity contribution in [3.05, 3.63) is 0 Å². The van der Waals surface area contributed by atoms with E-state index in [-0.39, 0.29) is 29.7 Å². The maximum Gasteiger partial charge on any atom is 0.317 e. The number of esters is 3. The van der Waals surface area contributed by atoms with Gasteiger partial charge in [-0.3, -0.25) is 14.4 Å². The van der Waals surface area contributed by atoms with E-state index in [0.29, 0.717) is 29.1 Å². The van der Waals surface area contributed by atoms with Gasteiger partial charge in [-0.1, -0.05) is 55.4 Å². The molecule has 0 bridgehead atoms. The van der Waals surface area contributed by atoms with E-state index in [1.54, 1.807) is 0 Å². The predicted octanol–water partition coefficient (Wildman–Crippen LogP) is 10.1. The second kappa shape index (κ2) is 14.0. The van der Waals surface area contributed by atoms with Crippen LogP contribution in [0, 0.1) is 99.6 Å². The van der Waals surface area contributed by atoms with Gasteiger partial charge in [0.25, 0.3) is 0 Å². The van der Waals surface area contributed by atoms with E-state index >= 15 is 0 Å². The van der Waals surface area contributed by atoms with Gasteiger partial charge in [0.15, 0.2) is 0 Å². The Labute approximate surface area is 293 Å². The average Bonchev–Trinajstić information content (AvgIpc) is 3.67. The van der Waals surface area contributed by atoms with Crippen LogP contribution in [0.15, 0.2) is 0 Å². The Balaban J connectivity index is 1.05. The smallest absolute Gasteiger partial charge is 0.317 e. The molecule has 1 heterocycles. The first-order valence-corrected chi connectivity index (χ1v) is 20.5. The lowest BCUT2D eigenvalue weighted by Crippen LogP contribution is -2.58. The summed E-state index contributed by atoms with van der Waals surface area (Å²) < 4.78 is 9.91. The van der Waals surface area contributed by atoms with Crippen molar-refractivity contribution in [1.82, 2.24) is 0 Å². The highest BCUT2D eigenvalue weighted by atomic mass is 16.6. The van der Waals surface area contributed by atoms with Crippen molar-refractivity contribution in [3.63, 3.8) is 0 Å². The molecule has 5 saturated carbocycles. The van der Waals surface area contributed by atoms with Gasteiger partial charge in [-0.2, -0.15) is 0 Å². The average molecular weight is 667 g/mol. The lowest BCUT2D eigenvalue weighted by molar-refractivity contribution is -0.164. The zero-order valence-electron chi connectivity index (χ0n) is 32.1. The quantitative estimate of drug-likeness (QED) is 0.171. The third-order valence-corrected chi connectivity index (χ3v) is 17.4. The van der Waals surface area contributed by atoms with Crippen LogP contribution in [-0.2, 0) is 23.9 Å². The summed E-state index contributed by atoms with van der Waals surface area (Å²) in [6.07, 6.45) is 17.3. The third kappa shape index (κ3) is 6.35. The van der Waals surface area contributed by atoms with Gasteiger partial charge in [0, 0.05) is 6.42 Å². The summed E-state index contributed by atoms with van der Waals surface area (Å²) in [7, 11) is 1.52. The van der Waals surface area contributed by atoms with E-state index in [4.69, 9.17) is 9.47 Å². The molecule has 17 atom stereocenters. The van der Waals surface area contributed by atoms with Crippen LogP contribution in [0.5, 0.6) is 0 Å². The summed E-state index contributed by atoms with van der Waals surface area (Å²) in [4.78, 5) is 36.0. The van der Waals surface area contributed by atoms with Crippen molar-refractivity contribution < 1.29 is 23.9 Å². The van der Waals surface area contributed by atoms with Crippen LogP contribution >= 0.6 is 0 Å². The molecule has 6 fully saturated rings. The lowest BCUT2D eigenvalue weighted by atomic mass is 9.40. The van der Waals surface area contributed by atoms with Crippen LogP contribution in [0.2, 0.25) is 0 Å². The Morgan fingerprint density at radius 1 is 0.875 bits per heavy atom. The Kier molecular flexibility index (Phi) is 10.6. The lowest BCUT2D eigenvalue weighted by Gasteiger charge is -2.65. The van der Waals surface area contributed by atoms with Gasteiger partial charge < -0.3 is 9.47 Å². The zero-order chi connectivity index (χ0) is 34.7. The third-order valence-electron chi connectivity index (χ3n) is 17.4. The van der Waals surface area contributed by atoms with Gasteiger partial charge in [-0.15, -0.1) is 0 Å². The number of fused-ring (bicyclic) bond motifs is 5. The van der Waals surface area contributed by atoms with Gasteiger partial charge in [0.05, 0.1) is 18.9 Å². The molecule has 272 valence electrons. The minimum absolute atomic E-state index is 0.0518. The minimum atomic E-state index is -0.332. The maximum atomic E-state index is 12.2. The summed E-state index contributed by atoms with van der Waals surface area (Å²) in [6.45, 7) is 19.8. The molecule has 5 aliphatic carbocycles. The van der Waals surface area contributed by atoms with Crippen LogP contribution in [-0.4, -0.2) is 25.0 Å². The summed E-state index contributed by atoms with van der Waals surface area (Å²) in [6, 6.07) is 0. The molecule has 5 nitrogen and oxygen atoms in total. The summed E-state index contributed by atoms with van der Waals surface area (Å²) in [5.41, 5.74) is 0.893. The number of hydrogen-bond donors (Lipinski definition) is 0. The molecule has 0 aromatic rings. The first kappa shape index (κ1) is 36.4. The Bertz CT molecular complexity index is 1200. The highest BCUT2D eigenvalue weighted by Crippen LogP contribution is 2.71. The number of rotatable bonds is 10. The van der Waals surface area contributed by atoms with E-state index in [2.05, 4.69) is 48.5 Å². The van der Waals surface area contributed by atoms with Crippen molar-refractivity contribution in [2.45, 2.75) is 145 Å².